The lowest BCUT2D eigenvalue weighted by atomic mass is 9.93. The summed E-state index contributed by atoms with van der Waals surface area (Å²) >= 11 is 0. The van der Waals surface area contributed by atoms with E-state index in [2.05, 4.69) is 39.9 Å². The molecule has 1 aromatic carbocycles. The molecule has 0 bridgehead atoms. The van der Waals surface area contributed by atoms with Crippen molar-refractivity contribution in [2.24, 2.45) is 5.41 Å². The van der Waals surface area contributed by atoms with Crippen LogP contribution in [0.5, 0.6) is 5.75 Å². The van der Waals surface area contributed by atoms with Crippen molar-refractivity contribution in [3.05, 3.63) is 29.6 Å². The van der Waals surface area contributed by atoms with Gasteiger partial charge in [0, 0.05) is 17.7 Å². The third-order valence-electron chi connectivity index (χ3n) is 3.06. The first-order valence-electron chi connectivity index (χ1n) is 6.99. The quantitative estimate of drug-likeness (QED) is 0.829. The van der Waals surface area contributed by atoms with Crippen LogP contribution in [0.1, 0.15) is 52.6 Å². The van der Waals surface area contributed by atoms with E-state index in [0.29, 0.717) is 12.4 Å². The second kappa shape index (κ2) is 6.90. The van der Waals surface area contributed by atoms with Gasteiger partial charge in [-0.2, -0.15) is 0 Å². The van der Waals surface area contributed by atoms with Crippen molar-refractivity contribution in [2.75, 3.05) is 13.2 Å². The predicted molar refractivity (Wildman–Crippen MR) is 78.1 cm³/mol. The smallest absolute Gasteiger partial charge is 0.126 e. The molecule has 0 aromatic heterocycles. The standard InChI is InChI=1S/C16H26FNO/c1-6-18-12(2)14-8-7-13(17)11-15(14)19-10-9-16(3,4)5/h7-8,11-12,18H,6,9-10H2,1-5H3. The minimum atomic E-state index is -0.252. The maximum atomic E-state index is 13.4. The van der Waals surface area contributed by atoms with Crippen LogP contribution in [-0.4, -0.2) is 13.2 Å². The Balaban J connectivity index is 2.77. The molecule has 3 heteroatoms. The van der Waals surface area contributed by atoms with Gasteiger partial charge in [0.15, 0.2) is 0 Å². The second-order valence-electron chi connectivity index (χ2n) is 6.12. The molecule has 0 heterocycles. The van der Waals surface area contributed by atoms with Crippen LogP contribution < -0.4 is 10.1 Å². The van der Waals surface area contributed by atoms with E-state index in [1.54, 1.807) is 6.07 Å². The van der Waals surface area contributed by atoms with Crippen molar-refractivity contribution in [3.63, 3.8) is 0 Å². The summed E-state index contributed by atoms with van der Waals surface area (Å²) in [7, 11) is 0. The fourth-order valence-electron chi connectivity index (χ4n) is 1.87. The lowest BCUT2D eigenvalue weighted by molar-refractivity contribution is 0.239. The molecule has 1 unspecified atom stereocenters. The van der Waals surface area contributed by atoms with Crippen LogP contribution in [-0.2, 0) is 0 Å². The molecule has 0 fully saturated rings. The van der Waals surface area contributed by atoms with Crippen LogP contribution in [0.25, 0.3) is 0 Å². The Bertz CT molecular complexity index is 398. The van der Waals surface area contributed by atoms with Crippen LogP contribution in [0.4, 0.5) is 4.39 Å². The van der Waals surface area contributed by atoms with Crippen molar-refractivity contribution >= 4 is 0 Å². The number of rotatable bonds is 6. The SMILES string of the molecule is CCNC(C)c1ccc(F)cc1OCCC(C)(C)C. The molecule has 1 atom stereocenters. The van der Waals surface area contributed by atoms with E-state index in [0.717, 1.165) is 18.5 Å². The highest BCUT2D eigenvalue weighted by molar-refractivity contribution is 5.36. The highest BCUT2D eigenvalue weighted by atomic mass is 19.1. The molecule has 19 heavy (non-hydrogen) atoms. The van der Waals surface area contributed by atoms with Crippen molar-refractivity contribution in [1.29, 1.82) is 0 Å². The van der Waals surface area contributed by atoms with Crippen molar-refractivity contribution < 1.29 is 9.13 Å². The maximum Gasteiger partial charge on any atom is 0.126 e. The molecule has 0 amide bonds. The normalized spacial score (nSPS) is 13.4. The van der Waals surface area contributed by atoms with E-state index in [1.807, 2.05) is 0 Å². The van der Waals surface area contributed by atoms with Gasteiger partial charge in [-0.05, 0) is 31.4 Å². The third kappa shape index (κ3) is 5.60. The molecule has 1 aromatic rings. The van der Waals surface area contributed by atoms with Crippen molar-refractivity contribution in [1.82, 2.24) is 5.32 Å². The molecule has 0 saturated heterocycles. The van der Waals surface area contributed by atoms with E-state index in [-0.39, 0.29) is 17.3 Å². The fourth-order valence-corrected chi connectivity index (χ4v) is 1.87. The van der Waals surface area contributed by atoms with Crippen LogP contribution in [0.3, 0.4) is 0 Å². The van der Waals surface area contributed by atoms with Gasteiger partial charge in [-0.1, -0.05) is 33.8 Å². The van der Waals surface area contributed by atoms with Gasteiger partial charge in [-0.25, -0.2) is 4.39 Å². The first kappa shape index (κ1) is 16.0. The van der Waals surface area contributed by atoms with Crippen LogP contribution >= 0.6 is 0 Å². The molecule has 1 N–H and O–H groups in total. The summed E-state index contributed by atoms with van der Waals surface area (Å²) in [6.07, 6.45) is 0.943. The minimum Gasteiger partial charge on any atom is -0.493 e. The molecule has 108 valence electrons. The summed E-state index contributed by atoms with van der Waals surface area (Å²) in [4.78, 5) is 0. The molecule has 2 nitrogen and oxygen atoms in total. The van der Waals surface area contributed by atoms with Crippen LogP contribution in [0, 0.1) is 11.2 Å². The molecular formula is C16H26FNO. The van der Waals surface area contributed by atoms with E-state index in [9.17, 15) is 4.39 Å². The number of hydrogen-bond donors (Lipinski definition) is 1. The lowest BCUT2D eigenvalue weighted by Crippen LogP contribution is -2.19. The van der Waals surface area contributed by atoms with Gasteiger partial charge in [0.1, 0.15) is 11.6 Å². The first-order chi connectivity index (χ1) is 8.83. The average Bonchev–Trinajstić information content (AvgIpc) is 2.27. The Hall–Kier alpha value is -1.09. The number of halogens is 1. The van der Waals surface area contributed by atoms with Crippen molar-refractivity contribution in [3.8, 4) is 5.75 Å². The Labute approximate surface area is 116 Å². The topological polar surface area (TPSA) is 21.3 Å². The summed E-state index contributed by atoms with van der Waals surface area (Å²) in [6, 6.07) is 4.93. The van der Waals surface area contributed by atoms with Crippen LogP contribution in [0.2, 0.25) is 0 Å². The van der Waals surface area contributed by atoms with Crippen LogP contribution in [0.15, 0.2) is 18.2 Å². The zero-order valence-electron chi connectivity index (χ0n) is 12.7. The maximum absolute atomic E-state index is 13.4. The molecule has 0 radical (unpaired) electrons. The highest BCUT2D eigenvalue weighted by Crippen LogP contribution is 2.27. The molecule has 0 aliphatic heterocycles. The number of benzene rings is 1. The van der Waals surface area contributed by atoms with E-state index >= 15 is 0 Å². The summed E-state index contributed by atoms with van der Waals surface area (Å²) in [5, 5.41) is 3.33. The van der Waals surface area contributed by atoms with E-state index in [4.69, 9.17) is 4.74 Å². The molecule has 0 aliphatic rings. The Morgan fingerprint density at radius 1 is 1.32 bits per heavy atom. The average molecular weight is 267 g/mol. The monoisotopic (exact) mass is 267 g/mol. The first-order valence-corrected chi connectivity index (χ1v) is 6.99. The van der Waals surface area contributed by atoms with E-state index < -0.39 is 0 Å². The molecule has 0 saturated carbocycles. The Morgan fingerprint density at radius 2 is 2.00 bits per heavy atom. The van der Waals surface area contributed by atoms with Gasteiger partial charge in [-0.3, -0.25) is 0 Å². The predicted octanol–water partition coefficient (Wildman–Crippen LogP) is 4.31. The molecular weight excluding hydrogens is 241 g/mol. The van der Waals surface area contributed by atoms with E-state index in [1.165, 1.54) is 12.1 Å². The van der Waals surface area contributed by atoms with Gasteiger partial charge in [0.25, 0.3) is 0 Å². The molecule has 1 rings (SSSR count). The Morgan fingerprint density at radius 3 is 2.58 bits per heavy atom. The van der Waals surface area contributed by atoms with Crippen molar-refractivity contribution in [2.45, 2.75) is 47.1 Å². The number of hydrogen-bond acceptors (Lipinski definition) is 2. The zero-order chi connectivity index (χ0) is 14.5. The van der Waals surface area contributed by atoms with Gasteiger partial charge in [-0.15, -0.1) is 0 Å². The third-order valence-corrected chi connectivity index (χ3v) is 3.06. The van der Waals surface area contributed by atoms with Gasteiger partial charge < -0.3 is 10.1 Å². The molecule has 0 spiro atoms. The largest absolute Gasteiger partial charge is 0.493 e. The summed E-state index contributed by atoms with van der Waals surface area (Å²) in [5.41, 5.74) is 1.23. The lowest BCUT2D eigenvalue weighted by Gasteiger charge is -2.21. The number of nitrogens with one attached hydrogen (secondary N) is 1. The number of ether oxygens (including phenoxy) is 1. The molecule has 0 aliphatic carbocycles. The zero-order valence-corrected chi connectivity index (χ0v) is 12.7. The summed E-state index contributed by atoms with van der Waals surface area (Å²) in [5.74, 6) is 0.399. The Kier molecular flexibility index (Phi) is 5.80. The van der Waals surface area contributed by atoms with Gasteiger partial charge in [0.05, 0.1) is 6.61 Å². The second-order valence-corrected chi connectivity index (χ2v) is 6.12. The van der Waals surface area contributed by atoms with Gasteiger partial charge >= 0.3 is 0 Å². The fraction of sp³-hybridized carbons (Fsp3) is 0.625. The highest BCUT2D eigenvalue weighted by Gasteiger charge is 2.14. The van der Waals surface area contributed by atoms with Gasteiger partial charge in [0.2, 0.25) is 0 Å². The summed E-state index contributed by atoms with van der Waals surface area (Å²) in [6.45, 7) is 12.1. The summed E-state index contributed by atoms with van der Waals surface area (Å²) < 4.78 is 19.1. The minimum absolute atomic E-state index is 0.162.